The van der Waals surface area contributed by atoms with E-state index in [9.17, 15) is 0 Å². The molecule has 0 spiro atoms. The fraction of sp³-hybridized carbons (Fsp3) is 0.667. The summed E-state index contributed by atoms with van der Waals surface area (Å²) >= 11 is 0.694. The van der Waals surface area contributed by atoms with Crippen molar-refractivity contribution in [3.63, 3.8) is 0 Å². The average molecular weight is 111 g/mol. The Morgan fingerprint density at radius 2 is 2.60 bits per heavy atom. The Hall–Kier alpha value is 0.00948. The standard InChI is InChI=1S/C2H5.CN.Fe/c2*1-2;/h1H2,2H3;;. The van der Waals surface area contributed by atoms with E-state index in [-0.39, 0.29) is 0 Å². The van der Waals surface area contributed by atoms with Gasteiger partial charge in [-0.2, -0.15) is 0 Å². The molecule has 2 heteroatoms. The van der Waals surface area contributed by atoms with Crippen LogP contribution in [0.25, 0.3) is 0 Å². The van der Waals surface area contributed by atoms with E-state index in [1.165, 1.54) is 0 Å². The molecule has 0 aromatic heterocycles. The van der Waals surface area contributed by atoms with Gasteiger partial charge in [0.25, 0.3) is 0 Å². The van der Waals surface area contributed by atoms with E-state index in [0.717, 1.165) is 5.32 Å². The Labute approximate surface area is 38.1 Å². The summed E-state index contributed by atoms with van der Waals surface area (Å²) in [6.07, 6.45) is 0. The van der Waals surface area contributed by atoms with Crippen LogP contribution in [0, 0.1) is 10.2 Å². The van der Waals surface area contributed by atoms with Gasteiger partial charge >= 0.3 is 37.4 Å². The quantitative estimate of drug-likeness (QED) is 0.462. The van der Waals surface area contributed by atoms with Crippen molar-refractivity contribution >= 4 is 0 Å². The Kier molecular flexibility index (Phi) is 4.02. The van der Waals surface area contributed by atoms with Gasteiger partial charge in [-0.25, -0.2) is 0 Å². The summed E-state index contributed by atoms with van der Waals surface area (Å²) in [5.74, 6) is 0. The zero-order valence-electron chi connectivity index (χ0n) is 3.01. The molecule has 0 aliphatic heterocycles. The first-order chi connectivity index (χ1) is 2.41. The SMILES string of the molecule is C[CH2][Fe][C]#N. The van der Waals surface area contributed by atoms with Crippen LogP contribution < -0.4 is 0 Å². The summed E-state index contributed by atoms with van der Waals surface area (Å²) in [4.78, 5) is 2.02. The monoisotopic (exact) mass is 111 g/mol. The van der Waals surface area contributed by atoms with Crippen LogP contribution in [0.2, 0.25) is 5.32 Å². The summed E-state index contributed by atoms with van der Waals surface area (Å²) in [6.45, 7) is 1.99. The molecular weight excluding hydrogens is 106 g/mol. The van der Waals surface area contributed by atoms with E-state index < -0.39 is 0 Å². The van der Waals surface area contributed by atoms with Crippen molar-refractivity contribution in [2.75, 3.05) is 0 Å². The summed E-state index contributed by atoms with van der Waals surface area (Å²) < 4.78 is 0. The fourth-order valence-corrected chi connectivity index (χ4v) is 0.230. The molecule has 0 rings (SSSR count). The molecule has 0 saturated heterocycles. The minimum absolute atomic E-state index is 0.694. The fourth-order valence-electron chi connectivity index (χ4n) is 0.0559. The molecule has 0 radical (unpaired) electrons. The van der Waals surface area contributed by atoms with Crippen LogP contribution >= 0.6 is 0 Å². The van der Waals surface area contributed by atoms with Crippen LogP contribution in [0.4, 0.5) is 0 Å². The number of rotatable bonds is 1. The predicted octanol–water partition coefficient (Wildman–Crippen LogP) is 0.988. The first kappa shape index (κ1) is 5.01. The molecule has 0 bridgehead atoms. The molecule has 30 valence electrons. The van der Waals surface area contributed by atoms with Crippen molar-refractivity contribution in [3.05, 3.63) is 0 Å². The Bertz CT molecular complexity index is 45.3. The molecule has 5 heavy (non-hydrogen) atoms. The van der Waals surface area contributed by atoms with Crippen LogP contribution in [0.1, 0.15) is 6.92 Å². The third kappa shape index (κ3) is 4.01. The van der Waals surface area contributed by atoms with E-state index in [1.807, 2.05) is 11.9 Å². The molecule has 0 aromatic carbocycles. The normalized spacial score (nSPS) is 7.20. The number of hydrogen-bond donors (Lipinski definition) is 0. The molecule has 0 amide bonds. The number of nitrogens with zero attached hydrogens (tertiary/aromatic N) is 1. The van der Waals surface area contributed by atoms with Crippen LogP contribution in [0.15, 0.2) is 0 Å². The molecule has 0 N–H and O–H groups in total. The molecule has 0 aromatic rings. The van der Waals surface area contributed by atoms with Gasteiger partial charge in [-0.15, -0.1) is 0 Å². The van der Waals surface area contributed by atoms with Crippen molar-refractivity contribution in [2.45, 2.75) is 12.2 Å². The molecule has 0 aliphatic carbocycles. The molecule has 1 nitrogen and oxygen atoms in total. The molecular formula is C3H5FeN. The maximum atomic E-state index is 7.82. The second-order valence-corrected chi connectivity index (χ2v) is 1.87. The van der Waals surface area contributed by atoms with Gasteiger partial charge in [0.1, 0.15) is 0 Å². The molecule has 0 fully saturated rings. The summed E-state index contributed by atoms with van der Waals surface area (Å²) in [6, 6.07) is 0. The van der Waals surface area contributed by atoms with Crippen LogP contribution in [0.5, 0.6) is 0 Å². The second kappa shape index (κ2) is 4.01. The van der Waals surface area contributed by atoms with E-state index in [1.54, 1.807) is 0 Å². The van der Waals surface area contributed by atoms with E-state index in [4.69, 9.17) is 5.26 Å². The first-order valence-corrected chi connectivity index (χ1v) is 2.69. The topological polar surface area (TPSA) is 23.8 Å². The number of nitriles is 1. The summed E-state index contributed by atoms with van der Waals surface area (Å²) in [5, 5.41) is 8.80. The van der Waals surface area contributed by atoms with Crippen LogP contribution in [-0.2, 0) is 15.0 Å². The Morgan fingerprint density at radius 1 is 2.00 bits per heavy atom. The zero-order chi connectivity index (χ0) is 4.12. The van der Waals surface area contributed by atoms with Gasteiger partial charge in [-0.3, -0.25) is 0 Å². The third-order valence-corrected chi connectivity index (χ3v) is 0.746. The molecule has 0 aliphatic rings. The van der Waals surface area contributed by atoms with Gasteiger partial charge in [0.2, 0.25) is 0 Å². The molecule has 0 unspecified atom stereocenters. The van der Waals surface area contributed by atoms with Crippen molar-refractivity contribution in [2.24, 2.45) is 0 Å². The minimum atomic E-state index is 0.694. The van der Waals surface area contributed by atoms with Gasteiger partial charge in [0, 0.05) is 0 Å². The zero-order valence-corrected chi connectivity index (χ0v) is 4.11. The van der Waals surface area contributed by atoms with Gasteiger partial charge < -0.3 is 0 Å². The summed E-state index contributed by atoms with van der Waals surface area (Å²) in [7, 11) is 0. The Morgan fingerprint density at radius 3 is 2.60 bits per heavy atom. The van der Waals surface area contributed by atoms with Gasteiger partial charge in [0.15, 0.2) is 0 Å². The van der Waals surface area contributed by atoms with Crippen molar-refractivity contribution in [3.8, 4) is 4.97 Å². The van der Waals surface area contributed by atoms with E-state index in [0.29, 0.717) is 15.0 Å². The van der Waals surface area contributed by atoms with E-state index >= 15 is 0 Å². The molecule has 0 heterocycles. The van der Waals surface area contributed by atoms with E-state index in [2.05, 4.69) is 0 Å². The van der Waals surface area contributed by atoms with Gasteiger partial charge in [0.05, 0.1) is 0 Å². The van der Waals surface area contributed by atoms with Crippen molar-refractivity contribution < 1.29 is 15.0 Å². The third-order valence-electron chi connectivity index (χ3n) is 0.181. The molecule has 0 saturated carbocycles. The first-order valence-electron chi connectivity index (χ1n) is 1.36. The second-order valence-electron chi connectivity index (χ2n) is 0.454. The Balaban J connectivity index is 2.48. The van der Waals surface area contributed by atoms with Crippen LogP contribution in [0.3, 0.4) is 0 Å². The van der Waals surface area contributed by atoms with Crippen molar-refractivity contribution in [1.82, 2.24) is 0 Å². The maximum absolute atomic E-state index is 7.82. The summed E-state index contributed by atoms with van der Waals surface area (Å²) in [5.41, 5.74) is 0. The predicted molar refractivity (Wildman–Crippen MR) is 16.1 cm³/mol. The van der Waals surface area contributed by atoms with Gasteiger partial charge in [-0.1, -0.05) is 0 Å². The average Bonchev–Trinajstić information content (AvgIpc) is 1.41. The van der Waals surface area contributed by atoms with Gasteiger partial charge in [-0.05, 0) is 0 Å². The van der Waals surface area contributed by atoms with Crippen molar-refractivity contribution in [1.29, 1.82) is 5.26 Å². The molecule has 0 atom stereocenters. The number of hydrogen-bond acceptors (Lipinski definition) is 1. The van der Waals surface area contributed by atoms with Crippen LogP contribution in [-0.4, -0.2) is 0 Å².